The Hall–Kier alpha value is -3.14. The van der Waals surface area contributed by atoms with E-state index in [4.69, 9.17) is 19.9 Å². The van der Waals surface area contributed by atoms with Crippen molar-refractivity contribution in [3.05, 3.63) is 29.3 Å². The van der Waals surface area contributed by atoms with Crippen molar-refractivity contribution in [1.29, 1.82) is 0 Å². The fourth-order valence-electron chi connectivity index (χ4n) is 3.89. The molecule has 3 aliphatic rings. The quantitative estimate of drug-likeness (QED) is 0.679. The van der Waals surface area contributed by atoms with E-state index in [1.165, 1.54) is 4.90 Å². The van der Waals surface area contributed by atoms with Gasteiger partial charge in [0.2, 0.25) is 11.8 Å². The van der Waals surface area contributed by atoms with Gasteiger partial charge < -0.3 is 24.8 Å². The van der Waals surface area contributed by atoms with E-state index in [-0.39, 0.29) is 31.4 Å². The molecular formula is C19H21N3O7. The highest BCUT2D eigenvalue weighted by molar-refractivity contribution is 6.05. The highest BCUT2D eigenvalue weighted by atomic mass is 16.6. The fourth-order valence-corrected chi connectivity index (χ4v) is 3.89. The summed E-state index contributed by atoms with van der Waals surface area (Å²) in [6.07, 6.45) is -0.893. The summed E-state index contributed by atoms with van der Waals surface area (Å²) in [5.41, 5.74) is 6.34. The predicted molar refractivity (Wildman–Crippen MR) is 96.8 cm³/mol. The van der Waals surface area contributed by atoms with Gasteiger partial charge in [0, 0.05) is 24.9 Å². The summed E-state index contributed by atoms with van der Waals surface area (Å²) in [6.45, 7) is 0.920. The summed E-state index contributed by atoms with van der Waals surface area (Å²) in [6, 6.07) is 4.40. The maximum atomic E-state index is 12.7. The van der Waals surface area contributed by atoms with E-state index >= 15 is 0 Å². The molecule has 3 N–H and O–H groups in total. The minimum Gasteiger partial charge on any atom is -0.486 e. The van der Waals surface area contributed by atoms with Crippen LogP contribution in [0.4, 0.5) is 4.79 Å². The molecule has 0 spiro atoms. The first-order valence-corrected chi connectivity index (χ1v) is 9.40. The number of piperidine rings is 1. The Balaban J connectivity index is 1.48. The Kier molecular flexibility index (Phi) is 5.10. The third kappa shape index (κ3) is 3.88. The number of fused-ring (bicyclic) bond motifs is 1. The molecule has 1 unspecified atom stereocenters. The van der Waals surface area contributed by atoms with Crippen LogP contribution in [-0.2, 0) is 25.6 Å². The van der Waals surface area contributed by atoms with E-state index in [1.54, 1.807) is 18.2 Å². The van der Waals surface area contributed by atoms with Gasteiger partial charge in [0.1, 0.15) is 17.9 Å². The van der Waals surface area contributed by atoms with Gasteiger partial charge in [-0.15, -0.1) is 0 Å². The van der Waals surface area contributed by atoms with Crippen molar-refractivity contribution >= 4 is 23.8 Å². The van der Waals surface area contributed by atoms with Crippen LogP contribution in [-0.4, -0.2) is 60.2 Å². The van der Waals surface area contributed by atoms with Crippen molar-refractivity contribution < 1.29 is 33.4 Å². The first kappa shape index (κ1) is 19.2. The minimum atomic E-state index is -0.895. The number of carbonyl (C=O) groups is 4. The lowest BCUT2D eigenvalue weighted by atomic mass is 10.0. The highest BCUT2D eigenvalue weighted by Gasteiger charge is 2.39. The number of hydrogen-bond acceptors (Lipinski definition) is 7. The van der Waals surface area contributed by atoms with Gasteiger partial charge in [-0.05, 0) is 30.2 Å². The lowest BCUT2D eigenvalue weighted by molar-refractivity contribution is -0.136. The minimum absolute atomic E-state index is 0.195. The van der Waals surface area contributed by atoms with Crippen LogP contribution in [0.15, 0.2) is 18.2 Å². The summed E-state index contributed by atoms with van der Waals surface area (Å²) < 4.78 is 16.3. The highest BCUT2D eigenvalue weighted by Crippen LogP contribution is 2.31. The molecule has 3 heterocycles. The van der Waals surface area contributed by atoms with Crippen LogP contribution < -0.4 is 15.8 Å². The number of carbonyl (C=O) groups excluding carboxylic acids is 4. The van der Waals surface area contributed by atoms with Gasteiger partial charge in [0.05, 0.1) is 13.2 Å². The van der Waals surface area contributed by atoms with Gasteiger partial charge in [0.25, 0.3) is 5.91 Å². The number of amides is 4. The van der Waals surface area contributed by atoms with Crippen LogP contribution in [0.5, 0.6) is 5.75 Å². The standard InChI is InChI=1S/C19H21N3O7/c20-19(26)29-15-9-27-6-5-14(15)28-11-1-2-12-10(7-11)8-22(18(12)25)13-3-4-16(23)21-17(13)24/h1-2,7,13-15H,3-6,8-9H2,(H2,20,26)(H,21,23,24)/t13?,14-,15-/m0/s1. The smallest absolute Gasteiger partial charge is 0.404 e. The first-order chi connectivity index (χ1) is 13.9. The van der Waals surface area contributed by atoms with Crippen LogP contribution in [0.3, 0.4) is 0 Å². The Morgan fingerprint density at radius 1 is 1.21 bits per heavy atom. The molecule has 154 valence electrons. The molecule has 3 aliphatic heterocycles. The van der Waals surface area contributed by atoms with Gasteiger partial charge in [0.15, 0.2) is 6.10 Å². The molecule has 0 aromatic heterocycles. The van der Waals surface area contributed by atoms with Crippen molar-refractivity contribution in [2.75, 3.05) is 13.2 Å². The van der Waals surface area contributed by atoms with Gasteiger partial charge >= 0.3 is 6.09 Å². The predicted octanol–water partition coefficient (Wildman–Crippen LogP) is 0.0792. The monoisotopic (exact) mass is 403 g/mol. The molecule has 3 atom stereocenters. The molecule has 4 amide bonds. The molecule has 4 rings (SSSR count). The second kappa shape index (κ2) is 7.70. The summed E-state index contributed by atoms with van der Waals surface area (Å²) in [7, 11) is 0. The third-order valence-corrected chi connectivity index (χ3v) is 5.29. The SMILES string of the molecule is NC(=O)O[C@H]1COCC[C@@H]1Oc1ccc2c(c1)CN(C1CCC(=O)NC1=O)C2=O. The Bertz CT molecular complexity index is 871. The number of nitrogens with two attached hydrogens (primary N) is 1. The second-order valence-electron chi connectivity index (χ2n) is 7.21. The molecule has 0 radical (unpaired) electrons. The van der Waals surface area contributed by atoms with Crippen LogP contribution in [0.1, 0.15) is 35.2 Å². The number of nitrogens with one attached hydrogen (secondary N) is 1. The first-order valence-electron chi connectivity index (χ1n) is 9.40. The van der Waals surface area contributed by atoms with E-state index in [1.807, 2.05) is 0 Å². The second-order valence-corrected chi connectivity index (χ2v) is 7.21. The number of benzene rings is 1. The normalized spacial score (nSPS) is 26.7. The number of ether oxygens (including phenoxy) is 3. The molecule has 10 nitrogen and oxygen atoms in total. The fraction of sp³-hybridized carbons (Fsp3) is 0.474. The van der Waals surface area contributed by atoms with Crippen LogP contribution in [0, 0.1) is 0 Å². The molecule has 2 saturated heterocycles. The lowest BCUT2D eigenvalue weighted by Gasteiger charge is -2.31. The average Bonchev–Trinajstić information content (AvgIpc) is 2.99. The number of rotatable bonds is 4. The Morgan fingerprint density at radius 3 is 2.79 bits per heavy atom. The molecule has 0 bridgehead atoms. The topological polar surface area (TPSA) is 137 Å². The van der Waals surface area contributed by atoms with Crippen molar-refractivity contribution in [3.63, 3.8) is 0 Å². The van der Waals surface area contributed by atoms with E-state index < -0.39 is 30.3 Å². The van der Waals surface area contributed by atoms with E-state index in [0.717, 1.165) is 5.56 Å². The van der Waals surface area contributed by atoms with Gasteiger partial charge in [-0.3, -0.25) is 19.7 Å². The van der Waals surface area contributed by atoms with E-state index in [9.17, 15) is 19.2 Å². The van der Waals surface area contributed by atoms with Crippen LogP contribution in [0.2, 0.25) is 0 Å². The van der Waals surface area contributed by atoms with Crippen molar-refractivity contribution in [3.8, 4) is 5.75 Å². The molecule has 29 heavy (non-hydrogen) atoms. The molecule has 10 heteroatoms. The third-order valence-electron chi connectivity index (χ3n) is 5.29. The van der Waals surface area contributed by atoms with Crippen molar-refractivity contribution in [2.45, 2.75) is 44.1 Å². The van der Waals surface area contributed by atoms with Crippen molar-refractivity contribution in [2.24, 2.45) is 5.73 Å². The molecule has 1 aromatic rings. The number of nitrogens with zero attached hydrogens (tertiary/aromatic N) is 1. The number of hydrogen-bond donors (Lipinski definition) is 2. The number of primary amides is 1. The summed E-state index contributed by atoms with van der Waals surface area (Å²) in [5.74, 6) is -0.503. The zero-order chi connectivity index (χ0) is 20.5. The zero-order valence-electron chi connectivity index (χ0n) is 15.6. The van der Waals surface area contributed by atoms with Crippen LogP contribution in [0.25, 0.3) is 0 Å². The molecular weight excluding hydrogens is 382 g/mol. The zero-order valence-corrected chi connectivity index (χ0v) is 15.6. The lowest BCUT2D eigenvalue weighted by Crippen LogP contribution is -2.52. The molecule has 2 fully saturated rings. The Morgan fingerprint density at radius 2 is 2.03 bits per heavy atom. The van der Waals surface area contributed by atoms with E-state index in [2.05, 4.69) is 5.32 Å². The Labute approximate surface area is 166 Å². The summed E-state index contributed by atoms with van der Waals surface area (Å²) in [5, 5.41) is 2.28. The summed E-state index contributed by atoms with van der Waals surface area (Å²) >= 11 is 0. The van der Waals surface area contributed by atoms with Gasteiger partial charge in [-0.25, -0.2) is 4.79 Å². The maximum absolute atomic E-state index is 12.7. The van der Waals surface area contributed by atoms with E-state index in [0.29, 0.717) is 30.8 Å². The molecule has 0 saturated carbocycles. The average molecular weight is 403 g/mol. The van der Waals surface area contributed by atoms with Crippen LogP contribution >= 0.6 is 0 Å². The largest absolute Gasteiger partial charge is 0.486 e. The van der Waals surface area contributed by atoms with Gasteiger partial charge in [-0.1, -0.05) is 0 Å². The van der Waals surface area contributed by atoms with Gasteiger partial charge in [-0.2, -0.15) is 0 Å². The maximum Gasteiger partial charge on any atom is 0.404 e. The molecule has 0 aliphatic carbocycles. The summed E-state index contributed by atoms with van der Waals surface area (Å²) in [4.78, 5) is 48.8. The van der Waals surface area contributed by atoms with Crippen molar-refractivity contribution in [1.82, 2.24) is 10.2 Å². The molecule has 1 aromatic carbocycles. The number of imide groups is 1.